The molecule has 0 saturated heterocycles. The van der Waals surface area contributed by atoms with Crippen LogP contribution < -0.4 is 0 Å². The summed E-state index contributed by atoms with van der Waals surface area (Å²) in [6.45, 7) is 2.96. The van der Waals surface area contributed by atoms with Crippen molar-refractivity contribution in [3.63, 3.8) is 0 Å². The fourth-order valence-electron chi connectivity index (χ4n) is 3.52. The number of fused-ring (bicyclic) bond motifs is 1. The number of aromatic nitrogens is 5. The quantitative estimate of drug-likeness (QED) is 0.225. The lowest BCUT2D eigenvalue weighted by Gasteiger charge is -2.01. The summed E-state index contributed by atoms with van der Waals surface area (Å²) in [5, 5.41) is 12.6. The van der Waals surface area contributed by atoms with E-state index < -0.39 is 0 Å². The second kappa shape index (κ2) is 9.38. The van der Waals surface area contributed by atoms with Crippen LogP contribution in [0.4, 0.5) is 0 Å². The SMILES string of the molecule is Cc1ccc(Cn2cc(CO/N=C/c3c(-c4ccccc4)nc4ccc(Br)cn34)nn2)cc1. The van der Waals surface area contributed by atoms with Crippen LogP contribution in [-0.4, -0.2) is 30.6 Å². The topological polar surface area (TPSA) is 69.6 Å². The van der Waals surface area contributed by atoms with Gasteiger partial charge in [-0.05, 0) is 40.5 Å². The van der Waals surface area contributed by atoms with Gasteiger partial charge in [0.1, 0.15) is 11.3 Å². The first-order chi connectivity index (χ1) is 16.2. The van der Waals surface area contributed by atoms with E-state index in [1.807, 2.05) is 59.3 Å². The van der Waals surface area contributed by atoms with Crippen molar-refractivity contribution >= 4 is 27.8 Å². The van der Waals surface area contributed by atoms with Gasteiger partial charge in [0.25, 0.3) is 0 Å². The number of rotatable bonds is 7. The molecule has 7 nitrogen and oxygen atoms in total. The Balaban J connectivity index is 1.31. The van der Waals surface area contributed by atoms with Gasteiger partial charge < -0.3 is 4.84 Å². The highest BCUT2D eigenvalue weighted by atomic mass is 79.9. The van der Waals surface area contributed by atoms with Gasteiger partial charge in [-0.2, -0.15) is 0 Å². The molecule has 0 saturated carbocycles. The third-order valence-corrected chi connectivity index (χ3v) is 5.65. The minimum Gasteiger partial charge on any atom is -0.389 e. The fourth-order valence-corrected chi connectivity index (χ4v) is 3.86. The molecule has 0 aliphatic carbocycles. The normalized spacial score (nSPS) is 11.5. The second-order valence-corrected chi connectivity index (χ2v) is 8.60. The lowest BCUT2D eigenvalue weighted by molar-refractivity contribution is 0.129. The number of pyridine rings is 1. The molecule has 0 aliphatic heterocycles. The van der Waals surface area contributed by atoms with Crippen LogP contribution in [0.25, 0.3) is 16.9 Å². The predicted octanol–water partition coefficient (Wildman–Crippen LogP) is 5.26. The third-order valence-electron chi connectivity index (χ3n) is 5.18. The van der Waals surface area contributed by atoms with E-state index in [-0.39, 0.29) is 6.61 Å². The molecule has 5 aromatic rings. The third kappa shape index (κ3) is 4.85. The molecule has 8 heteroatoms. The summed E-state index contributed by atoms with van der Waals surface area (Å²) in [4.78, 5) is 10.3. The number of hydrogen-bond acceptors (Lipinski definition) is 5. The Morgan fingerprint density at radius 3 is 2.64 bits per heavy atom. The molecule has 3 aromatic heterocycles. The summed E-state index contributed by atoms with van der Waals surface area (Å²) in [6, 6.07) is 22.3. The van der Waals surface area contributed by atoms with Crippen LogP contribution in [0.1, 0.15) is 22.5 Å². The molecule has 5 rings (SSSR count). The van der Waals surface area contributed by atoms with E-state index in [2.05, 4.69) is 62.6 Å². The van der Waals surface area contributed by atoms with Crippen LogP contribution in [0.15, 0.2) is 88.8 Å². The molecule has 0 atom stereocenters. The average molecular weight is 501 g/mol. The molecule has 0 unspecified atom stereocenters. The number of halogens is 1. The van der Waals surface area contributed by atoms with Crippen molar-refractivity contribution in [3.05, 3.63) is 106 Å². The van der Waals surface area contributed by atoms with Gasteiger partial charge in [0.2, 0.25) is 0 Å². The van der Waals surface area contributed by atoms with E-state index in [1.165, 1.54) is 11.1 Å². The summed E-state index contributed by atoms with van der Waals surface area (Å²) < 4.78 is 4.73. The molecule has 0 fully saturated rings. The lowest BCUT2D eigenvalue weighted by Crippen LogP contribution is -2.00. The number of aryl methyl sites for hydroxylation is 1. The first-order valence-corrected chi connectivity index (χ1v) is 11.3. The molecule has 164 valence electrons. The van der Waals surface area contributed by atoms with Gasteiger partial charge in [-0.3, -0.25) is 4.40 Å². The van der Waals surface area contributed by atoms with Crippen molar-refractivity contribution in [1.29, 1.82) is 0 Å². The molecule has 2 aromatic carbocycles. The maximum atomic E-state index is 5.54. The van der Waals surface area contributed by atoms with E-state index in [9.17, 15) is 0 Å². The molecular weight excluding hydrogens is 480 g/mol. The monoisotopic (exact) mass is 500 g/mol. The Morgan fingerprint density at radius 2 is 1.82 bits per heavy atom. The highest BCUT2D eigenvalue weighted by molar-refractivity contribution is 9.10. The van der Waals surface area contributed by atoms with Crippen LogP contribution in [-0.2, 0) is 18.0 Å². The van der Waals surface area contributed by atoms with E-state index in [4.69, 9.17) is 9.82 Å². The molecule has 0 radical (unpaired) electrons. The Morgan fingerprint density at radius 1 is 1.00 bits per heavy atom. The number of imidazole rings is 1. The molecule has 0 aliphatic rings. The van der Waals surface area contributed by atoms with Crippen molar-refractivity contribution in [2.24, 2.45) is 5.16 Å². The van der Waals surface area contributed by atoms with Crippen LogP contribution in [0.2, 0.25) is 0 Å². The maximum Gasteiger partial charge on any atom is 0.162 e. The van der Waals surface area contributed by atoms with Crippen molar-refractivity contribution in [2.75, 3.05) is 0 Å². The predicted molar refractivity (Wildman–Crippen MR) is 131 cm³/mol. The highest BCUT2D eigenvalue weighted by Gasteiger charge is 2.13. The van der Waals surface area contributed by atoms with E-state index in [0.717, 1.165) is 27.1 Å². The van der Waals surface area contributed by atoms with Crippen molar-refractivity contribution < 1.29 is 4.84 Å². The second-order valence-electron chi connectivity index (χ2n) is 7.69. The van der Waals surface area contributed by atoms with Gasteiger partial charge in [0.15, 0.2) is 6.61 Å². The maximum absolute atomic E-state index is 5.54. The first-order valence-electron chi connectivity index (χ1n) is 10.5. The number of oxime groups is 1. The van der Waals surface area contributed by atoms with Crippen molar-refractivity contribution in [2.45, 2.75) is 20.1 Å². The summed E-state index contributed by atoms with van der Waals surface area (Å²) in [5.41, 5.74) is 6.63. The van der Waals surface area contributed by atoms with Gasteiger partial charge in [-0.25, -0.2) is 9.67 Å². The molecule has 0 bridgehead atoms. The molecule has 3 heterocycles. The largest absolute Gasteiger partial charge is 0.389 e. The van der Waals surface area contributed by atoms with Crippen LogP contribution in [0.5, 0.6) is 0 Å². The Hall–Kier alpha value is -3.78. The number of nitrogens with zero attached hydrogens (tertiary/aromatic N) is 6. The summed E-state index contributed by atoms with van der Waals surface area (Å²) in [7, 11) is 0. The Kier molecular flexibility index (Phi) is 5.99. The van der Waals surface area contributed by atoms with E-state index in [1.54, 1.807) is 10.9 Å². The molecule has 0 amide bonds. The van der Waals surface area contributed by atoms with Gasteiger partial charge in [-0.15, -0.1) is 5.10 Å². The zero-order valence-corrected chi connectivity index (χ0v) is 19.6. The fraction of sp³-hybridized carbons (Fsp3) is 0.120. The van der Waals surface area contributed by atoms with Crippen molar-refractivity contribution in [3.8, 4) is 11.3 Å². The first kappa shape index (κ1) is 21.1. The minimum absolute atomic E-state index is 0.228. The molecular formula is C25H21BrN6O. The van der Waals surface area contributed by atoms with Crippen molar-refractivity contribution in [1.82, 2.24) is 24.4 Å². The summed E-state index contributed by atoms with van der Waals surface area (Å²) in [5.74, 6) is 0. The Labute approximate surface area is 199 Å². The zero-order valence-electron chi connectivity index (χ0n) is 18.0. The van der Waals surface area contributed by atoms with Gasteiger partial charge in [-0.1, -0.05) is 70.5 Å². The van der Waals surface area contributed by atoms with Gasteiger partial charge in [0, 0.05) is 16.2 Å². The van der Waals surface area contributed by atoms with Crippen LogP contribution in [0, 0.1) is 6.92 Å². The number of hydrogen-bond donors (Lipinski definition) is 0. The van der Waals surface area contributed by atoms with Gasteiger partial charge >= 0.3 is 0 Å². The minimum atomic E-state index is 0.228. The smallest absolute Gasteiger partial charge is 0.162 e. The lowest BCUT2D eigenvalue weighted by atomic mass is 10.1. The van der Waals surface area contributed by atoms with E-state index >= 15 is 0 Å². The van der Waals surface area contributed by atoms with E-state index in [0.29, 0.717) is 12.2 Å². The zero-order chi connectivity index (χ0) is 22.6. The summed E-state index contributed by atoms with van der Waals surface area (Å²) >= 11 is 3.53. The standard InChI is InChI=1S/C25H21BrN6O/c1-18-7-9-19(10-8-18)14-31-16-22(29-30-31)17-33-27-13-23-25(20-5-3-2-4-6-20)28-24-12-11-21(26)15-32(23)24/h2-13,15-16H,14,17H2,1H3/b27-13+. The molecule has 0 spiro atoms. The summed E-state index contributed by atoms with van der Waals surface area (Å²) in [6.07, 6.45) is 5.52. The van der Waals surface area contributed by atoms with Crippen LogP contribution in [0.3, 0.4) is 0 Å². The Bertz CT molecular complexity index is 1410. The molecule has 33 heavy (non-hydrogen) atoms. The highest BCUT2D eigenvalue weighted by Crippen LogP contribution is 2.24. The number of benzene rings is 2. The average Bonchev–Trinajstić information content (AvgIpc) is 3.43. The molecule has 0 N–H and O–H groups in total. The van der Waals surface area contributed by atoms with Gasteiger partial charge in [0.05, 0.1) is 30.3 Å². The van der Waals surface area contributed by atoms with Crippen LogP contribution >= 0.6 is 15.9 Å².